The third-order valence-corrected chi connectivity index (χ3v) is 5.08. The normalized spacial score (nSPS) is 11.2. The summed E-state index contributed by atoms with van der Waals surface area (Å²) in [5.41, 5.74) is 2.88. The Kier molecular flexibility index (Phi) is 6.01. The molecule has 0 atom stereocenters. The van der Waals surface area contributed by atoms with Crippen LogP contribution < -0.4 is 15.2 Å². The van der Waals surface area contributed by atoms with Crippen LogP contribution in [0.15, 0.2) is 77.7 Å². The Hall–Kier alpha value is -2.54. The average Bonchev–Trinajstić information content (AvgIpc) is 2.66. The first-order valence-corrected chi connectivity index (χ1v) is 10.2. The van der Waals surface area contributed by atoms with Crippen molar-refractivity contribution in [2.24, 2.45) is 5.14 Å². The number of hydrogen-bond acceptors (Lipinski definition) is 4. The zero-order valence-electron chi connectivity index (χ0n) is 14.4. The first-order chi connectivity index (χ1) is 12.9. The van der Waals surface area contributed by atoms with E-state index < -0.39 is 10.0 Å². The van der Waals surface area contributed by atoms with E-state index in [1.54, 1.807) is 12.1 Å². The van der Waals surface area contributed by atoms with E-state index >= 15 is 0 Å². The summed E-state index contributed by atoms with van der Waals surface area (Å²) < 4.78 is 28.4. The van der Waals surface area contributed by atoms with Gasteiger partial charge in [-0.1, -0.05) is 35.9 Å². The molecule has 5 nitrogen and oxygen atoms in total. The molecule has 0 fully saturated rings. The van der Waals surface area contributed by atoms with Gasteiger partial charge in [-0.2, -0.15) is 0 Å². The van der Waals surface area contributed by atoms with E-state index in [1.807, 2.05) is 48.5 Å². The Balaban J connectivity index is 1.58. The molecule has 0 aliphatic rings. The summed E-state index contributed by atoms with van der Waals surface area (Å²) in [6, 6.07) is 21.6. The van der Waals surface area contributed by atoms with E-state index in [2.05, 4.69) is 5.32 Å². The van der Waals surface area contributed by atoms with E-state index in [1.165, 1.54) is 12.1 Å². The highest BCUT2D eigenvalue weighted by molar-refractivity contribution is 7.89. The van der Waals surface area contributed by atoms with Gasteiger partial charge in [0.2, 0.25) is 10.0 Å². The molecular weight excluding hydrogens is 384 g/mol. The van der Waals surface area contributed by atoms with Gasteiger partial charge in [0.05, 0.1) is 4.90 Å². The standard InChI is InChI=1S/C20H19ClN2O3S/c21-17-6-4-15(5-7-17)14-26-19-3-1-2-16(12-19)13-23-18-8-10-20(11-9-18)27(22,24)25/h1-12,23H,13-14H2,(H2,22,24,25). The SMILES string of the molecule is NS(=O)(=O)c1ccc(NCc2cccc(OCc3ccc(Cl)cc3)c2)cc1. The first kappa shape index (κ1) is 19.2. The molecule has 3 aromatic carbocycles. The maximum absolute atomic E-state index is 11.3. The fraction of sp³-hybridized carbons (Fsp3) is 0.100. The number of sulfonamides is 1. The van der Waals surface area contributed by atoms with Crippen molar-refractivity contribution in [1.29, 1.82) is 0 Å². The fourth-order valence-electron chi connectivity index (χ4n) is 2.46. The molecule has 0 saturated carbocycles. The Morgan fingerprint density at radius 1 is 0.926 bits per heavy atom. The molecule has 0 radical (unpaired) electrons. The van der Waals surface area contributed by atoms with Gasteiger partial charge in [-0.25, -0.2) is 13.6 Å². The van der Waals surface area contributed by atoms with Crippen molar-refractivity contribution in [3.05, 3.63) is 88.9 Å². The largest absolute Gasteiger partial charge is 0.489 e. The highest BCUT2D eigenvalue weighted by Crippen LogP contribution is 2.18. The Morgan fingerprint density at radius 3 is 2.30 bits per heavy atom. The number of halogens is 1. The molecule has 0 aliphatic carbocycles. The summed E-state index contributed by atoms with van der Waals surface area (Å²) in [5, 5.41) is 9.04. The second-order valence-corrected chi connectivity index (χ2v) is 7.98. The van der Waals surface area contributed by atoms with Gasteiger partial charge in [0.15, 0.2) is 0 Å². The molecule has 3 rings (SSSR count). The molecule has 0 spiro atoms. The van der Waals surface area contributed by atoms with Gasteiger partial charge in [0.25, 0.3) is 0 Å². The minimum absolute atomic E-state index is 0.0886. The first-order valence-electron chi connectivity index (χ1n) is 8.23. The van der Waals surface area contributed by atoms with Crippen molar-refractivity contribution >= 4 is 27.3 Å². The molecule has 0 aliphatic heterocycles. The summed E-state index contributed by atoms with van der Waals surface area (Å²) in [6.07, 6.45) is 0. The van der Waals surface area contributed by atoms with Gasteiger partial charge in [0.1, 0.15) is 12.4 Å². The lowest BCUT2D eigenvalue weighted by atomic mass is 10.2. The van der Waals surface area contributed by atoms with Crippen molar-refractivity contribution in [1.82, 2.24) is 0 Å². The quantitative estimate of drug-likeness (QED) is 0.621. The number of hydrogen-bond donors (Lipinski definition) is 2. The lowest BCUT2D eigenvalue weighted by molar-refractivity contribution is 0.306. The zero-order chi connectivity index (χ0) is 19.3. The average molecular weight is 403 g/mol. The van der Waals surface area contributed by atoms with Gasteiger partial charge in [0, 0.05) is 17.3 Å². The Morgan fingerprint density at radius 2 is 1.63 bits per heavy atom. The number of ether oxygens (including phenoxy) is 1. The second-order valence-electron chi connectivity index (χ2n) is 5.99. The van der Waals surface area contributed by atoms with Crippen molar-refractivity contribution in [2.75, 3.05) is 5.32 Å². The summed E-state index contributed by atoms with van der Waals surface area (Å²) >= 11 is 5.88. The van der Waals surface area contributed by atoms with E-state index in [0.29, 0.717) is 18.2 Å². The Bertz CT molecular complexity index is 1000. The van der Waals surface area contributed by atoms with Crippen LogP contribution in [-0.4, -0.2) is 8.42 Å². The highest BCUT2D eigenvalue weighted by atomic mass is 35.5. The van der Waals surface area contributed by atoms with E-state index in [9.17, 15) is 8.42 Å². The van der Waals surface area contributed by atoms with Crippen molar-refractivity contribution < 1.29 is 13.2 Å². The van der Waals surface area contributed by atoms with Crippen LogP contribution in [-0.2, 0) is 23.2 Å². The molecule has 3 aromatic rings. The third-order valence-electron chi connectivity index (χ3n) is 3.90. The minimum atomic E-state index is -3.68. The summed E-state index contributed by atoms with van der Waals surface area (Å²) in [7, 11) is -3.68. The number of benzene rings is 3. The second kappa shape index (κ2) is 8.43. The smallest absolute Gasteiger partial charge is 0.238 e. The van der Waals surface area contributed by atoms with Gasteiger partial charge >= 0.3 is 0 Å². The summed E-state index contributed by atoms with van der Waals surface area (Å²) in [4.78, 5) is 0.0886. The van der Waals surface area contributed by atoms with Crippen LogP contribution in [0, 0.1) is 0 Å². The van der Waals surface area contributed by atoms with Crippen LogP contribution in [0.5, 0.6) is 5.75 Å². The minimum Gasteiger partial charge on any atom is -0.489 e. The van der Waals surface area contributed by atoms with Gasteiger partial charge in [-0.3, -0.25) is 0 Å². The summed E-state index contributed by atoms with van der Waals surface area (Å²) in [5.74, 6) is 0.772. The maximum Gasteiger partial charge on any atom is 0.238 e. The topological polar surface area (TPSA) is 81.4 Å². The predicted molar refractivity (Wildman–Crippen MR) is 107 cm³/mol. The lowest BCUT2D eigenvalue weighted by Crippen LogP contribution is -2.12. The monoisotopic (exact) mass is 402 g/mol. The maximum atomic E-state index is 11.3. The van der Waals surface area contributed by atoms with Crippen molar-refractivity contribution in [3.63, 3.8) is 0 Å². The van der Waals surface area contributed by atoms with Crippen LogP contribution in [0.3, 0.4) is 0 Å². The van der Waals surface area contributed by atoms with Gasteiger partial charge < -0.3 is 10.1 Å². The van der Waals surface area contributed by atoms with Crippen LogP contribution in [0.2, 0.25) is 5.02 Å². The Labute approximate surface area is 163 Å². The van der Waals surface area contributed by atoms with E-state index in [4.69, 9.17) is 21.5 Å². The highest BCUT2D eigenvalue weighted by Gasteiger charge is 2.06. The molecule has 0 saturated heterocycles. The van der Waals surface area contributed by atoms with E-state index in [0.717, 1.165) is 22.6 Å². The third kappa shape index (κ3) is 5.72. The molecule has 27 heavy (non-hydrogen) atoms. The number of nitrogens with one attached hydrogen (secondary N) is 1. The van der Waals surface area contributed by atoms with Crippen molar-refractivity contribution in [3.8, 4) is 5.75 Å². The van der Waals surface area contributed by atoms with Crippen LogP contribution in [0.25, 0.3) is 0 Å². The number of rotatable bonds is 7. The summed E-state index contributed by atoms with van der Waals surface area (Å²) in [6.45, 7) is 1.04. The van der Waals surface area contributed by atoms with E-state index in [-0.39, 0.29) is 4.90 Å². The molecule has 140 valence electrons. The van der Waals surface area contributed by atoms with Crippen LogP contribution >= 0.6 is 11.6 Å². The fourth-order valence-corrected chi connectivity index (χ4v) is 3.10. The number of anilines is 1. The van der Waals surface area contributed by atoms with Gasteiger partial charge in [-0.15, -0.1) is 0 Å². The molecule has 3 N–H and O–H groups in total. The molecule has 0 aromatic heterocycles. The van der Waals surface area contributed by atoms with Crippen LogP contribution in [0.1, 0.15) is 11.1 Å². The molecular formula is C20H19ClN2O3S. The molecule has 0 bridgehead atoms. The van der Waals surface area contributed by atoms with Gasteiger partial charge in [-0.05, 0) is 59.7 Å². The van der Waals surface area contributed by atoms with Crippen LogP contribution in [0.4, 0.5) is 5.69 Å². The molecule has 0 heterocycles. The zero-order valence-corrected chi connectivity index (χ0v) is 16.0. The number of nitrogens with two attached hydrogens (primary N) is 1. The molecule has 7 heteroatoms. The molecule has 0 amide bonds. The number of primary sulfonamides is 1. The van der Waals surface area contributed by atoms with Crippen molar-refractivity contribution in [2.45, 2.75) is 18.0 Å². The predicted octanol–water partition coefficient (Wildman–Crippen LogP) is 4.18. The lowest BCUT2D eigenvalue weighted by Gasteiger charge is -2.10. The molecule has 0 unspecified atom stereocenters.